The number of fused-ring (bicyclic) bond motifs is 3. The summed E-state index contributed by atoms with van der Waals surface area (Å²) < 4.78 is 6.58. The van der Waals surface area contributed by atoms with Gasteiger partial charge in [-0.05, 0) is 86.3 Å². The first-order chi connectivity index (χ1) is 14.7. The van der Waals surface area contributed by atoms with Gasteiger partial charge in [0.25, 0.3) is 0 Å². The monoisotopic (exact) mass is 410 g/mol. The van der Waals surface area contributed by atoms with Crippen LogP contribution < -0.4 is 0 Å². The minimum atomic E-state index is 0.186. The molecule has 3 nitrogen and oxygen atoms in total. The van der Waals surface area contributed by atoms with Gasteiger partial charge in [0.2, 0.25) is 0 Å². The molecule has 1 saturated carbocycles. The molecule has 0 spiro atoms. The number of ether oxygens (including phenoxy) is 1. The quantitative estimate of drug-likeness (QED) is 0.526. The van der Waals surface area contributed by atoms with Crippen LogP contribution in [0.15, 0.2) is 53.5 Å². The Balaban J connectivity index is 1.45. The van der Waals surface area contributed by atoms with Crippen molar-refractivity contribution in [3.8, 4) is 0 Å². The SMILES string of the molecule is CC(CCCc1ccccc1)OC1=C2C=C(O)CCC2[C@@H]2CCC[C@H](CCO)C2C1. The number of hydrogen-bond acceptors (Lipinski definition) is 3. The van der Waals surface area contributed by atoms with Crippen molar-refractivity contribution in [2.75, 3.05) is 6.61 Å². The second kappa shape index (κ2) is 10.0. The van der Waals surface area contributed by atoms with E-state index in [1.54, 1.807) is 0 Å². The van der Waals surface area contributed by atoms with Crippen molar-refractivity contribution in [1.82, 2.24) is 0 Å². The van der Waals surface area contributed by atoms with Crippen LogP contribution >= 0.6 is 0 Å². The average Bonchev–Trinajstić information content (AvgIpc) is 2.75. The van der Waals surface area contributed by atoms with Gasteiger partial charge in [-0.3, -0.25) is 0 Å². The summed E-state index contributed by atoms with van der Waals surface area (Å²) in [6.07, 6.45) is 13.0. The van der Waals surface area contributed by atoms with Crippen LogP contribution in [0.3, 0.4) is 0 Å². The lowest BCUT2D eigenvalue weighted by atomic mass is 9.58. The maximum absolute atomic E-state index is 10.2. The van der Waals surface area contributed by atoms with Crippen molar-refractivity contribution in [1.29, 1.82) is 0 Å². The molecule has 0 radical (unpaired) electrons. The highest BCUT2D eigenvalue weighted by Crippen LogP contribution is 2.53. The fourth-order valence-corrected chi connectivity index (χ4v) is 6.27. The minimum absolute atomic E-state index is 0.186. The van der Waals surface area contributed by atoms with Gasteiger partial charge in [0, 0.05) is 19.4 Å². The standard InChI is InChI=1S/C27H38O3/c1-19(7-5-10-20-8-3-2-4-9-20)30-27-18-25-21(15-16-28)11-6-12-23(25)24-14-13-22(29)17-26(24)27/h2-4,8-9,17,19,21,23-25,28-29H,5-7,10-16,18H2,1H3/t19?,21-,23+,24?,25?/m1/s1. The van der Waals surface area contributed by atoms with Crippen LogP contribution in [-0.2, 0) is 11.2 Å². The molecule has 1 aromatic rings. The van der Waals surface area contributed by atoms with Crippen LogP contribution in [0.1, 0.15) is 70.3 Å². The molecule has 164 valence electrons. The predicted octanol–water partition coefficient (Wildman–Crippen LogP) is 6.34. The summed E-state index contributed by atoms with van der Waals surface area (Å²) in [4.78, 5) is 0. The Morgan fingerprint density at radius 2 is 1.93 bits per heavy atom. The van der Waals surface area contributed by atoms with Crippen LogP contribution in [0.4, 0.5) is 0 Å². The zero-order chi connectivity index (χ0) is 20.9. The summed E-state index contributed by atoms with van der Waals surface area (Å²) in [5.41, 5.74) is 2.67. The third kappa shape index (κ3) is 4.94. The Kier molecular flexibility index (Phi) is 7.20. The molecule has 1 aromatic carbocycles. The molecule has 0 amide bonds. The normalized spacial score (nSPS) is 29.6. The Bertz CT molecular complexity index is 749. The molecule has 1 fully saturated rings. The molecule has 30 heavy (non-hydrogen) atoms. The Labute approximate surface area is 181 Å². The Morgan fingerprint density at radius 3 is 2.73 bits per heavy atom. The largest absolute Gasteiger partial charge is 0.512 e. The summed E-state index contributed by atoms with van der Waals surface area (Å²) in [5, 5.41) is 19.8. The number of aliphatic hydroxyl groups excluding tert-OH is 2. The van der Waals surface area contributed by atoms with E-state index in [-0.39, 0.29) is 6.10 Å². The number of benzene rings is 1. The average molecular weight is 411 g/mol. The highest BCUT2D eigenvalue weighted by Gasteiger charge is 2.44. The molecule has 3 unspecified atom stereocenters. The summed E-state index contributed by atoms with van der Waals surface area (Å²) in [6, 6.07) is 10.7. The smallest absolute Gasteiger partial charge is 0.100 e. The van der Waals surface area contributed by atoms with Crippen LogP contribution in [0.25, 0.3) is 0 Å². The maximum atomic E-state index is 10.2. The molecule has 0 bridgehead atoms. The maximum Gasteiger partial charge on any atom is 0.100 e. The second-order valence-corrected chi connectivity index (χ2v) is 9.70. The van der Waals surface area contributed by atoms with E-state index in [0.717, 1.165) is 50.7 Å². The first-order valence-corrected chi connectivity index (χ1v) is 12.1. The van der Waals surface area contributed by atoms with E-state index in [9.17, 15) is 10.2 Å². The number of rotatable bonds is 8. The van der Waals surface area contributed by atoms with Crippen molar-refractivity contribution in [3.05, 3.63) is 59.1 Å². The van der Waals surface area contributed by atoms with Gasteiger partial charge in [-0.2, -0.15) is 0 Å². The first-order valence-electron chi connectivity index (χ1n) is 12.1. The highest BCUT2D eigenvalue weighted by molar-refractivity contribution is 5.33. The van der Waals surface area contributed by atoms with Crippen LogP contribution in [0.5, 0.6) is 0 Å². The van der Waals surface area contributed by atoms with E-state index in [0.29, 0.717) is 36.0 Å². The van der Waals surface area contributed by atoms with Crippen molar-refractivity contribution >= 4 is 0 Å². The van der Waals surface area contributed by atoms with Crippen molar-refractivity contribution in [3.63, 3.8) is 0 Å². The molecule has 0 heterocycles. The third-order valence-electron chi connectivity index (χ3n) is 7.72. The first kappa shape index (κ1) is 21.5. The molecule has 5 atom stereocenters. The van der Waals surface area contributed by atoms with Gasteiger partial charge in [-0.15, -0.1) is 0 Å². The Morgan fingerprint density at radius 1 is 1.10 bits per heavy atom. The summed E-state index contributed by atoms with van der Waals surface area (Å²) in [6.45, 7) is 2.49. The molecule has 3 aliphatic rings. The predicted molar refractivity (Wildman–Crippen MR) is 121 cm³/mol. The number of allylic oxidation sites excluding steroid dienone is 4. The molecule has 2 N–H and O–H groups in total. The van der Waals surface area contributed by atoms with Crippen molar-refractivity contribution in [2.45, 2.75) is 77.2 Å². The van der Waals surface area contributed by atoms with Gasteiger partial charge in [0.05, 0.1) is 11.9 Å². The molecule has 3 aliphatic carbocycles. The van der Waals surface area contributed by atoms with Crippen LogP contribution in [0, 0.1) is 23.7 Å². The zero-order valence-corrected chi connectivity index (χ0v) is 18.4. The van der Waals surface area contributed by atoms with Gasteiger partial charge < -0.3 is 14.9 Å². The van der Waals surface area contributed by atoms with E-state index >= 15 is 0 Å². The summed E-state index contributed by atoms with van der Waals surface area (Å²) >= 11 is 0. The molecule has 3 heteroatoms. The topological polar surface area (TPSA) is 49.7 Å². The lowest BCUT2D eigenvalue weighted by molar-refractivity contribution is 0.0322. The summed E-state index contributed by atoms with van der Waals surface area (Å²) in [5.74, 6) is 4.09. The number of hydrogen-bond donors (Lipinski definition) is 2. The van der Waals surface area contributed by atoms with E-state index in [2.05, 4.69) is 37.3 Å². The fraction of sp³-hybridized carbons (Fsp3) is 0.630. The number of aryl methyl sites for hydroxylation is 1. The van der Waals surface area contributed by atoms with Crippen molar-refractivity contribution in [2.24, 2.45) is 23.7 Å². The highest BCUT2D eigenvalue weighted by atomic mass is 16.5. The lowest BCUT2D eigenvalue weighted by Gasteiger charge is -2.48. The van der Waals surface area contributed by atoms with Gasteiger partial charge in [0.15, 0.2) is 0 Å². The van der Waals surface area contributed by atoms with E-state index in [4.69, 9.17) is 4.74 Å². The molecular weight excluding hydrogens is 372 g/mol. The summed E-state index contributed by atoms with van der Waals surface area (Å²) in [7, 11) is 0. The second-order valence-electron chi connectivity index (χ2n) is 9.70. The molecule has 0 saturated heterocycles. The molecule has 0 aromatic heterocycles. The van der Waals surface area contributed by atoms with Gasteiger partial charge in [-0.1, -0.05) is 43.2 Å². The van der Waals surface area contributed by atoms with E-state index in [1.165, 1.54) is 30.4 Å². The molecule has 0 aliphatic heterocycles. The van der Waals surface area contributed by atoms with Crippen LogP contribution in [-0.4, -0.2) is 22.9 Å². The minimum Gasteiger partial charge on any atom is -0.512 e. The number of aliphatic hydroxyl groups is 2. The zero-order valence-electron chi connectivity index (χ0n) is 18.4. The van der Waals surface area contributed by atoms with Gasteiger partial charge in [0.1, 0.15) is 5.76 Å². The third-order valence-corrected chi connectivity index (χ3v) is 7.72. The Hall–Kier alpha value is -1.74. The van der Waals surface area contributed by atoms with E-state index < -0.39 is 0 Å². The van der Waals surface area contributed by atoms with Crippen molar-refractivity contribution < 1.29 is 14.9 Å². The molecular formula is C27H38O3. The van der Waals surface area contributed by atoms with E-state index in [1.807, 2.05) is 6.08 Å². The van der Waals surface area contributed by atoms with Gasteiger partial charge in [-0.25, -0.2) is 0 Å². The lowest BCUT2D eigenvalue weighted by Crippen LogP contribution is -2.39. The fourth-order valence-electron chi connectivity index (χ4n) is 6.27. The molecule has 4 rings (SSSR count). The van der Waals surface area contributed by atoms with Crippen LogP contribution in [0.2, 0.25) is 0 Å². The van der Waals surface area contributed by atoms with Gasteiger partial charge >= 0.3 is 0 Å².